The van der Waals surface area contributed by atoms with Gasteiger partial charge in [0.2, 0.25) is 15.9 Å². The molecule has 1 heterocycles. The van der Waals surface area contributed by atoms with Crippen LogP contribution in [0.3, 0.4) is 0 Å². The molecule has 0 unspecified atom stereocenters. The summed E-state index contributed by atoms with van der Waals surface area (Å²) in [6.07, 6.45) is 0.742. The van der Waals surface area contributed by atoms with Gasteiger partial charge in [0, 0.05) is 38.8 Å². The van der Waals surface area contributed by atoms with Crippen LogP contribution in [0.5, 0.6) is 0 Å². The normalized spacial score (nSPS) is 13.4. The minimum atomic E-state index is -3.72. The highest BCUT2D eigenvalue weighted by atomic mass is 35.5. The molecule has 1 aliphatic heterocycles. The van der Waals surface area contributed by atoms with E-state index in [1.807, 2.05) is 30.3 Å². The highest BCUT2D eigenvalue weighted by Gasteiger charge is 2.28. The molecule has 1 amide bonds. The van der Waals surface area contributed by atoms with Crippen molar-refractivity contribution in [1.82, 2.24) is 4.31 Å². The summed E-state index contributed by atoms with van der Waals surface area (Å²) in [4.78, 5) is 13.6. The fourth-order valence-electron chi connectivity index (χ4n) is 3.21. The first kappa shape index (κ1) is 21.4. The second-order valence-corrected chi connectivity index (χ2v) is 8.26. The van der Waals surface area contributed by atoms with Crippen molar-refractivity contribution in [3.63, 3.8) is 0 Å². The Bertz CT molecular complexity index is 904. The molecule has 0 aromatic heterocycles. The second kappa shape index (κ2) is 8.84. The number of nitrogens with two attached hydrogens (primary N) is 1. The second-order valence-electron chi connectivity index (χ2n) is 6.32. The molecule has 2 N–H and O–H groups in total. The van der Waals surface area contributed by atoms with Crippen molar-refractivity contribution in [1.29, 1.82) is 0 Å². The van der Waals surface area contributed by atoms with Gasteiger partial charge in [-0.1, -0.05) is 36.4 Å². The largest absolute Gasteiger partial charge is 0.329 e. The molecule has 2 aromatic carbocycles. The third-order valence-corrected chi connectivity index (χ3v) is 6.39. The predicted octanol–water partition coefficient (Wildman–Crippen LogP) is 2.17. The first-order chi connectivity index (χ1) is 12.4. The van der Waals surface area contributed by atoms with Crippen LogP contribution in [0, 0.1) is 0 Å². The Balaban J connectivity index is 0.00000261. The Hall–Kier alpha value is -1.93. The van der Waals surface area contributed by atoms with Gasteiger partial charge in [0.05, 0.1) is 4.90 Å². The van der Waals surface area contributed by atoms with Crippen LogP contribution in [0.4, 0.5) is 5.69 Å². The van der Waals surface area contributed by atoms with E-state index in [-0.39, 0.29) is 42.8 Å². The van der Waals surface area contributed by atoms with Crippen LogP contribution in [0.25, 0.3) is 0 Å². The van der Waals surface area contributed by atoms with E-state index in [1.54, 1.807) is 23.1 Å². The zero-order valence-electron chi connectivity index (χ0n) is 15.2. The van der Waals surface area contributed by atoms with Gasteiger partial charge < -0.3 is 10.6 Å². The quantitative estimate of drug-likeness (QED) is 0.792. The molecule has 8 heteroatoms. The fraction of sp³-hybridized carbons (Fsp3) is 0.316. The van der Waals surface area contributed by atoms with Crippen molar-refractivity contribution >= 4 is 34.0 Å². The molecule has 27 heavy (non-hydrogen) atoms. The number of anilines is 1. The van der Waals surface area contributed by atoms with Crippen molar-refractivity contribution in [2.75, 3.05) is 24.5 Å². The van der Waals surface area contributed by atoms with Gasteiger partial charge in [0.25, 0.3) is 0 Å². The predicted molar refractivity (Wildman–Crippen MR) is 109 cm³/mol. The lowest BCUT2D eigenvalue weighted by atomic mass is 10.2. The fourth-order valence-corrected chi connectivity index (χ4v) is 4.67. The van der Waals surface area contributed by atoms with Crippen LogP contribution in [0.1, 0.15) is 18.1 Å². The standard InChI is InChI=1S/C19H23N3O3S.ClH/c1-15(23)22-11-9-17-7-8-18(13-19(17)22)26(24,25)21(12-10-20)14-16-5-3-2-4-6-16;/h2-8,13H,9-12,14,20H2,1H3;1H. The summed E-state index contributed by atoms with van der Waals surface area (Å²) in [5, 5.41) is 0. The van der Waals surface area contributed by atoms with Crippen molar-refractivity contribution in [3.05, 3.63) is 59.7 Å². The van der Waals surface area contributed by atoms with Crippen LogP contribution in [-0.4, -0.2) is 38.3 Å². The third kappa shape index (κ3) is 4.50. The Morgan fingerprint density at radius 3 is 2.52 bits per heavy atom. The lowest BCUT2D eigenvalue weighted by Gasteiger charge is -2.23. The average molecular weight is 410 g/mol. The molecular formula is C19H24ClN3O3S. The summed E-state index contributed by atoms with van der Waals surface area (Å²) in [5.74, 6) is -0.0820. The average Bonchev–Trinajstić information content (AvgIpc) is 3.05. The highest BCUT2D eigenvalue weighted by molar-refractivity contribution is 7.89. The molecular weight excluding hydrogens is 386 g/mol. The summed E-state index contributed by atoms with van der Waals surface area (Å²) in [5.41, 5.74) is 8.23. The maximum absolute atomic E-state index is 13.2. The lowest BCUT2D eigenvalue weighted by Crippen LogP contribution is -2.35. The van der Waals surface area contributed by atoms with Gasteiger partial charge in [0.1, 0.15) is 0 Å². The van der Waals surface area contributed by atoms with Crippen LogP contribution >= 0.6 is 12.4 Å². The van der Waals surface area contributed by atoms with E-state index in [9.17, 15) is 13.2 Å². The molecule has 0 aliphatic carbocycles. The third-order valence-electron chi connectivity index (χ3n) is 4.55. The lowest BCUT2D eigenvalue weighted by molar-refractivity contribution is -0.116. The van der Waals surface area contributed by atoms with Gasteiger partial charge >= 0.3 is 0 Å². The monoisotopic (exact) mass is 409 g/mol. The van der Waals surface area contributed by atoms with Gasteiger partial charge in [0.15, 0.2) is 0 Å². The number of nitrogens with zero attached hydrogens (tertiary/aromatic N) is 2. The minimum Gasteiger partial charge on any atom is -0.329 e. The SMILES string of the molecule is CC(=O)N1CCc2ccc(S(=O)(=O)N(CCN)Cc3ccccc3)cc21.Cl. The first-order valence-electron chi connectivity index (χ1n) is 8.58. The molecule has 0 saturated heterocycles. The van der Waals surface area contributed by atoms with Crippen molar-refractivity contribution in [2.24, 2.45) is 5.73 Å². The van der Waals surface area contributed by atoms with E-state index in [1.165, 1.54) is 11.2 Å². The van der Waals surface area contributed by atoms with E-state index in [4.69, 9.17) is 5.73 Å². The number of benzene rings is 2. The molecule has 0 bridgehead atoms. The van der Waals surface area contributed by atoms with Gasteiger partial charge in [-0.15, -0.1) is 12.4 Å². The van der Waals surface area contributed by atoms with E-state index in [0.29, 0.717) is 12.2 Å². The molecule has 146 valence electrons. The van der Waals surface area contributed by atoms with E-state index >= 15 is 0 Å². The number of halogens is 1. The van der Waals surface area contributed by atoms with Crippen LogP contribution < -0.4 is 10.6 Å². The molecule has 2 aromatic rings. The smallest absolute Gasteiger partial charge is 0.243 e. The summed E-state index contributed by atoms with van der Waals surface area (Å²) < 4.78 is 27.7. The molecule has 0 radical (unpaired) electrons. The Labute approximate surface area is 166 Å². The molecule has 0 saturated carbocycles. The van der Waals surface area contributed by atoms with Gasteiger partial charge in [-0.05, 0) is 29.7 Å². The topological polar surface area (TPSA) is 83.7 Å². The number of carbonyl (C=O) groups is 1. The molecule has 0 spiro atoms. The number of hydrogen-bond acceptors (Lipinski definition) is 4. The highest BCUT2D eigenvalue weighted by Crippen LogP contribution is 2.31. The molecule has 0 atom stereocenters. The maximum atomic E-state index is 13.2. The van der Waals surface area contributed by atoms with Crippen molar-refractivity contribution < 1.29 is 13.2 Å². The summed E-state index contributed by atoms with van der Waals surface area (Å²) in [6.45, 7) is 2.80. The van der Waals surface area contributed by atoms with Gasteiger partial charge in [-0.25, -0.2) is 8.42 Å². The Morgan fingerprint density at radius 1 is 1.19 bits per heavy atom. The molecule has 0 fully saturated rings. The van der Waals surface area contributed by atoms with Gasteiger partial charge in [-0.3, -0.25) is 4.79 Å². The van der Waals surface area contributed by atoms with Crippen molar-refractivity contribution in [3.8, 4) is 0 Å². The molecule has 3 rings (SSSR count). The number of amides is 1. The van der Waals surface area contributed by atoms with Gasteiger partial charge in [-0.2, -0.15) is 4.31 Å². The molecule has 6 nitrogen and oxygen atoms in total. The van der Waals surface area contributed by atoms with Crippen LogP contribution in [-0.2, 0) is 27.8 Å². The van der Waals surface area contributed by atoms with Crippen molar-refractivity contribution in [2.45, 2.75) is 24.8 Å². The van der Waals surface area contributed by atoms with E-state index in [0.717, 1.165) is 17.5 Å². The molecule has 1 aliphatic rings. The zero-order chi connectivity index (χ0) is 18.7. The Kier molecular flexibility index (Phi) is 7.00. The van der Waals surface area contributed by atoms with Crippen LogP contribution in [0.2, 0.25) is 0 Å². The summed E-state index contributed by atoms with van der Waals surface area (Å²) >= 11 is 0. The minimum absolute atomic E-state index is 0. The number of fused-ring (bicyclic) bond motifs is 1. The summed E-state index contributed by atoms with van der Waals surface area (Å²) in [6, 6.07) is 14.4. The Morgan fingerprint density at radius 2 is 1.89 bits per heavy atom. The van der Waals surface area contributed by atoms with E-state index in [2.05, 4.69) is 0 Å². The summed E-state index contributed by atoms with van der Waals surface area (Å²) in [7, 11) is -3.72. The first-order valence-corrected chi connectivity index (χ1v) is 10.0. The van der Waals surface area contributed by atoms with Crippen LogP contribution in [0.15, 0.2) is 53.4 Å². The zero-order valence-corrected chi connectivity index (χ0v) is 16.8. The number of hydrogen-bond donors (Lipinski definition) is 1. The number of rotatable bonds is 6. The number of sulfonamides is 1. The maximum Gasteiger partial charge on any atom is 0.243 e. The number of carbonyl (C=O) groups excluding carboxylic acids is 1. The van der Waals surface area contributed by atoms with E-state index < -0.39 is 10.0 Å².